The van der Waals surface area contributed by atoms with Crippen molar-refractivity contribution in [3.8, 4) is 0 Å². The lowest BCUT2D eigenvalue weighted by Gasteiger charge is -2.28. The van der Waals surface area contributed by atoms with Crippen LogP contribution in [0.15, 0.2) is 0 Å². The van der Waals surface area contributed by atoms with Crippen LogP contribution >= 0.6 is 0 Å². The van der Waals surface area contributed by atoms with E-state index in [-0.39, 0.29) is 24.8 Å². The van der Waals surface area contributed by atoms with E-state index in [0.717, 1.165) is 51.4 Å². The van der Waals surface area contributed by atoms with Gasteiger partial charge in [0.05, 0.1) is 55.1 Å². The Labute approximate surface area is 242 Å². The Kier molecular flexibility index (Phi) is 19.5. The van der Waals surface area contributed by atoms with E-state index >= 15 is 0 Å². The minimum Gasteiger partial charge on any atom is -0.481 e. The molecule has 40 heavy (non-hydrogen) atoms. The number of esters is 2. The summed E-state index contributed by atoms with van der Waals surface area (Å²) in [5, 5.41) is 18.1. The third-order valence-electron chi connectivity index (χ3n) is 6.42. The van der Waals surface area contributed by atoms with E-state index in [1.54, 1.807) is 0 Å². The lowest BCUT2D eigenvalue weighted by atomic mass is 10.0. The van der Waals surface area contributed by atoms with Gasteiger partial charge in [0.2, 0.25) is 0 Å². The minimum absolute atomic E-state index is 0.163. The number of likely N-dealkylation sites (N-methyl/N-ethyl adjacent to an activating group) is 2. The second-order valence-electron chi connectivity index (χ2n) is 13.1. The van der Waals surface area contributed by atoms with Crippen LogP contribution in [0, 0.1) is 0 Å². The molecule has 0 saturated carbocycles. The first-order valence-corrected chi connectivity index (χ1v) is 15.0. The fraction of sp³-hybridized carbons (Fsp3) is 0.867. The Morgan fingerprint density at radius 2 is 0.750 bits per heavy atom. The summed E-state index contributed by atoms with van der Waals surface area (Å²) < 4.78 is 11.9. The van der Waals surface area contributed by atoms with Gasteiger partial charge in [0, 0.05) is 12.8 Å². The number of carboxylic acid groups (broad SMARTS) is 2. The van der Waals surface area contributed by atoms with Gasteiger partial charge in [-0.25, -0.2) is 0 Å². The number of hydrogen-bond acceptors (Lipinski definition) is 6. The number of ether oxygens (including phenoxy) is 2. The highest BCUT2D eigenvalue weighted by molar-refractivity contribution is 5.72. The number of carboxylic acids is 2. The van der Waals surface area contributed by atoms with Gasteiger partial charge in [-0.2, -0.15) is 0 Å². The van der Waals surface area contributed by atoms with Crippen molar-refractivity contribution in [1.82, 2.24) is 0 Å². The molecule has 0 aliphatic rings. The molecule has 0 aromatic rings. The first kappa shape index (κ1) is 37.8. The topological polar surface area (TPSA) is 127 Å². The Morgan fingerprint density at radius 1 is 0.500 bits per heavy atom. The summed E-state index contributed by atoms with van der Waals surface area (Å²) in [7, 11) is 11.7. The largest absolute Gasteiger partial charge is 0.481 e. The maximum atomic E-state index is 12.1. The number of quaternary nitrogens is 2. The molecule has 0 aromatic heterocycles. The average Bonchev–Trinajstić information content (AvgIpc) is 2.75. The maximum Gasteiger partial charge on any atom is 0.307 e. The molecule has 2 unspecified atom stereocenters. The van der Waals surface area contributed by atoms with Crippen LogP contribution in [0.5, 0.6) is 0 Å². The zero-order valence-corrected chi connectivity index (χ0v) is 26.1. The first-order valence-electron chi connectivity index (χ1n) is 15.0. The minimum atomic E-state index is -0.955. The van der Waals surface area contributed by atoms with E-state index < -0.39 is 24.1 Å². The van der Waals surface area contributed by atoms with Gasteiger partial charge in [0.1, 0.15) is 13.1 Å². The van der Waals surface area contributed by atoms with Gasteiger partial charge in [0.15, 0.2) is 12.2 Å². The SMILES string of the molecule is C[N+](C)(C)CC(CC(=O)O)OC(=O)CCCCCCCCCCCCCCC(=O)OC(CC(=O)O)C[N+](C)(C)C. The van der Waals surface area contributed by atoms with Gasteiger partial charge in [-0.15, -0.1) is 0 Å². The highest BCUT2D eigenvalue weighted by Gasteiger charge is 2.25. The molecule has 0 heterocycles. The van der Waals surface area contributed by atoms with Gasteiger partial charge < -0.3 is 28.7 Å². The van der Waals surface area contributed by atoms with Crippen molar-refractivity contribution in [2.24, 2.45) is 0 Å². The van der Waals surface area contributed by atoms with Crippen LogP contribution in [0.3, 0.4) is 0 Å². The van der Waals surface area contributed by atoms with Crippen molar-refractivity contribution in [3.63, 3.8) is 0 Å². The van der Waals surface area contributed by atoms with Gasteiger partial charge in [0.25, 0.3) is 0 Å². The second kappa shape index (κ2) is 20.6. The summed E-state index contributed by atoms with van der Waals surface area (Å²) in [4.78, 5) is 46.3. The fourth-order valence-corrected chi connectivity index (χ4v) is 4.69. The molecule has 0 aliphatic carbocycles. The van der Waals surface area contributed by atoms with Gasteiger partial charge >= 0.3 is 23.9 Å². The fourth-order valence-electron chi connectivity index (χ4n) is 4.69. The second-order valence-corrected chi connectivity index (χ2v) is 13.1. The predicted octanol–water partition coefficient (Wildman–Crippen LogP) is 4.63. The van der Waals surface area contributed by atoms with Crippen molar-refractivity contribution < 1.29 is 47.8 Å². The molecule has 0 spiro atoms. The number of hydrogen-bond donors (Lipinski definition) is 2. The zero-order chi connectivity index (χ0) is 30.6. The van der Waals surface area contributed by atoms with Crippen LogP contribution in [0.2, 0.25) is 0 Å². The molecule has 2 atom stereocenters. The summed E-state index contributed by atoms with van der Waals surface area (Å²) in [5.41, 5.74) is 0. The van der Waals surface area contributed by atoms with E-state index in [2.05, 4.69) is 0 Å². The Hall–Kier alpha value is -2.20. The third-order valence-corrected chi connectivity index (χ3v) is 6.42. The standard InChI is InChI=1S/C30H56N2O8/c1-31(2,3)23-25(21-27(33)34)39-29(37)19-17-15-13-11-9-7-8-10-12-14-16-18-20-30(38)40-26(22-28(35)36)24-32(4,5)6/h25-26H,7-24H2,1-6H3/p+2. The predicted molar refractivity (Wildman–Crippen MR) is 155 cm³/mol. The summed E-state index contributed by atoms with van der Waals surface area (Å²) in [6, 6.07) is 0. The van der Waals surface area contributed by atoms with Crippen LogP contribution in [0.1, 0.15) is 103 Å². The van der Waals surface area contributed by atoms with E-state index in [1.165, 1.54) is 25.7 Å². The number of aliphatic carboxylic acids is 2. The number of carbonyl (C=O) groups excluding carboxylic acids is 2. The Morgan fingerprint density at radius 3 is 0.975 bits per heavy atom. The Bertz CT molecular complexity index is 681. The quantitative estimate of drug-likeness (QED) is 0.0918. The molecule has 0 aliphatic heterocycles. The van der Waals surface area contributed by atoms with Crippen LogP contribution in [-0.4, -0.2) is 111 Å². The number of rotatable bonds is 25. The molecule has 0 amide bonds. The van der Waals surface area contributed by atoms with Crippen molar-refractivity contribution in [1.29, 1.82) is 0 Å². The third kappa shape index (κ3) is 26.0. The van der Waals surface area contributed by atoms with Crippen LogP contribution in [-0.2, 0) is 28.7 Å². The summed E-state index contributed by atoms with van der Waals surface area (Å²) in [6.45, 7) is 0.946. The Balaban J connectivity index is 3.74. The van der Waals surface area contributed by atoms with Gasteiger partial charge in [-0.05, 0) is 12.8 Å². The van der Waals surface area contributed by atoms with E-state index in [9.17, 15) is 19.2 Å². The molecule has 0 rings (SSSR count). The highest BCUT2D eigenvalue weighted by atomic mass is 16.5. The zero-order valence-electron chi connectivity index (χ0n) is 26.1. The van der Waals surface area contributed by atoms with Crippen molar-refractivity contribution in [2.75, 3.05) is 55.4 Å². The number of nitrogens with zero attached hydrogens (tertiary/aromatic N) is 2. The van der Waals surface area contributed by atoms with Gasteiger partial charge in [-0.1, -0.05) is 64.2 Å². The van der Waals surface area contributed by atoms with Crippen molar-refractivity contribution in [3.05, 3.63) is 0 Å². The molecule has 2 N–H and O–H groups in total. The lowest BCUT2D eigenvalue weighted by Crippen LogP contribution is -2.43. The molecule has 0 bridgehead atoms. The smallest absolute Gasteiger partial charge is 0.307 e. The molecule has 0 radical (unpaired) electrons. The van der Waals surface area contributed by atoms with Gasteiger partial charge in [-0.3, -0.25) is 19.2 Å². The van der Waals surface area contributed by atoms with Crippen LogP contribution < -0.4 is 0 Å². The highest BCUT2D eigenvalue weighted by Crippen LogP contribution is 2.15. The lowest BCUT2D eigenvalue weighted by molar-refractivity contribution is -0.873. The molecule has 234 valence electrons. The molecule has 0 fully saturated rings. The van der Waals surface area contributed by atoms with Crippen molar-refractivity contribution in [2.45, 2.75) is 115 Å². The summed E-state index contributed by atoms with van der Waals surface area (Å²) in [5.74, 6) is -2.52. The molecular formula is C30H58N2O8+2. The normalized spacial score (nSPS) is 13.4. The molecule has 0 saturated heterocycles. The molecule has 10 nitrogen and oxygen atoms in total. The van der Waals surface area contributed by atoms with Crippen LogP contribution in [0.4, 0.5) is 0 Å². The van der Waals surface area contributed by atoms with Crippen molar-refractivity contribution >= 4 is 23.9 Å². The van der Waals surface area contributed by atoms with Crippen LogP contribution in [0.25, 0.3) is 0 Å². The average molecular weight is 575 g/mol. The van der Waals surface area contributed by atoms with E-state index in [4.69, 9.17) is 19.7 Å². The maximum absolute atomic E-state index is 12.1. The first-order chi connectivity index (χ1) is 18.6. The molecule has 0 aromatic carbocycles. The molecular weight excluding hydrogens is 516 g/mol. The summed E-state index contributed by atoms with van der Waals surface area (Å²) in [6.07, 6.45) is 11.9. The van der Waals surface area contributed by atoms with E-state index in [0.29, 0.717) is 34.9 Å². The summed E-state index contributed by atoms with van der Waals surface area (Å²) >= 11 is 0. The number of unbranched alkanes of at least 4 members (excludes halogenated alkanes) is 11. The molecule has 10 heteroatoms. The number of carbonyl (C=O) groups is 4. The monoisotopic (exact) mass is 574 g/mol. The van der Waals surface area contributed by atoms with E-state index in [1.807, 2.05) is 42.3 Å².